The standard InChI is InChI=1S/C28H31N3O3/c32-28(30-33)23-10-8-20(9-11-23)16-21(17-29-24-14-15-31(18-24)25-12-13-25)19-34-27-7-3-5-22-4-1-2-6-26(22)27/h1-11,16,24-25,29,33H,12-15,17-19H2,(H,30,32)/b21-16+. The number of nitrogens with one attached hydrogen (secondary N) is 2. The summed E-state index contributed by atoms with van der Waals surface area (Å²) in [5.41, 5.74) is 4.21. The van der Waals surface area contributed by atoms with E-state index in [1.807, 2.05) is 36.4 Å². The third kappa shape index (κ3) is 5.47. The Morgan fingerprint density at radius 1 is 1.03 bits per heavy atom. The van der Waals surface area contributed by atoms with Crippen molar-refractivity contribution in [2.45, 2.75) is 31.3 Å². The van der Waals surface area contributed by atoms with Gasteiger partial charge in [0.2, 0.25) is 0 Å². The monoisotopic (exact) mass is 457 g/mol. The number of likely N-dealkylation sites (tertiary alicyclic amines) is 1. The second-order valence-corrected chi connectivity index (χ2v) is 9.22. The largest absolute Gasteiger partial charge is 0.489 e. The summed E-state index contributed by atoms with van der Waals surface area (Å²) >= 11 is 0. The normalized spacial score (nSPS) is 18.9. The summed E-state index contributed by atoms with van der Waals surface area (Å²) in [6.45, 7) is 3.52. The summed E-state index contributed by atoms with van der Waals surface area (Å²) in [5, 5.41) is 14.9. The van der Waals surface area contributed by atoms with Crippen LogP contribution in [0.15, 0.2) is 72.3 Å². The van der Waals surface area contributed by atoms with Crippen molar-refractivity contribution < 1.29 is 14.7 Å². The molecular formula is C28H31N3O3. The summed E-state index contributed by atoms with van der Waals surface area (Å²) in [6, 6.07) is 22.9. The van der Waals surface area contributed by atoms with Gasteiger partial charge in [0, 0.05) is 42.7 Å². The second kappa shape index (κ2) is 10.4. The predicted molar refractivity (Wildman–Crippen MR) is 134 cm³/mol. The molecule has 34 heavy (non-hydrogen) atoms. The summed E-state index contributed by atoms with van der Waals surface area (Å²) in [6.07, 6.45) is 5.99. The number of fused-ring (bicyclic) bond motifs is 1. The fourth-order valence-corrected chi connectivity index (χ4v) is 4.67. The molecule has 1 amide bonds. The van der Waals surface area contributed by atoms with Crippen molar-refractivity contribution >= 4 is 22.8 Å². The van der Waals surface area contributed by atoms with Gasteiger partial charge in [-0.1, -0.05) is 54.6 Å². The lowest BCUT2D eigenvalue weighted by Gasteiger charge is -2.18. The minimum absolute atomic E-state index is 0.414. The van der Waals surface area contributed by atoms with E-state index in [-0.39, 0.29) is 0 Å². The molecule has 3 N–H and O–H groups in total. The Morgan fingerprint density at radius 3 is 2.62 bits per heavy atom. The third-order valence-electron chi connectivity index (χ3n) is 6.71. The second-order valence-electron chi connectivity index (χ2n) is 9.22. The van der Waals surface area contributed by atoms with E-state index < -0.39 is 5.91 Å². The van der Waals surface area contributed by atoms with E-state index in [2.05, 4.69) is 34.5 Å². The first-order valence-corrected chi connectivity index (χ1v) is 12.0. The molecule has 5 rings (SSSR count). The Kier molecular flexibility index (Phi) is 6.90. The molecule has 1 unspecified atom stereocenters. The molecule has 1 atom stereocenters. The lowest BCUT2D eigenvalue weighted by molar-refractivity contribution is 0.0706. The Bertz CT molecular complexity index is 1170. The minimum atomic E-state index is -0.516. The lowest BCUT2D eigenvalue weighted by atomic mass is 10.1. The molecule has 3 aromatic rings. The van der Waals surface area contributed by atoms with Gasteiger partial charge >= 0.3 is 0 Å². The maximum absolute atomic E-state index is 11.6. The zero-order valence-corrected chi connectivity index (χ0v) is 19.2. The first-order valence-electron chi connectivity index (χ1n) is 12.0. The zero-order valence-electron chi connectivity index (χ0n) is 19.2. The van der Waals surface area contributed by atoms with Crippen molar-refractivity contribution in [3.8, 4) is 5.75 Å². The molecule has 0 bridgehead atoms. The van der Waals surface area contributed by atoms with Crippen LogP contribution in [0.3, 0.4) is 0 Å². The highest BCUT2D eigenvalue weighted by Gasteiger charge is 2.34. The van der Waals surface area contributed by atoms with Crippen molar-refractivity contribution in [3.63, 3.8) is 0 Å². The van der Waals surface area contributed by atoms with Gasteiger partial charge in [-0.25, -0.2) is 5.48 Å². The molecule has 1 saturated carbocycles. The first-order chi connectivity index (χ1) is 16.7. The molecule has 3 aromatic carbocycles. The number of hydrogen-bond donors (Lipinski definition) is 3. The van der Waals surface area contributed by atoms with Crippen LogP contribution in [-0.2, 0) is 0 Å². The van der Waals surface area contributed by atoms with Crippen molar-refractivity contribution in [1.82, 2.24) is 15.7 Å². The van der Waals surface area contributed by atoms with Crippen molar-refractivity contribution in [3.05, 3.63) is 83.4 Å². The van der Waals surface area contributed by atoms with E-state index in [9.17, 15) is 4.79 Å². The van der Waals surface area contributed by atoms with E-state index in [0.717, 1.165) is 46.8 Å². The number of benzene rings is 3. The highest BCUT2D eigenvalue weighted by atomic mass is 16.5. The third-order valence-corrected chi connectivity index (χ3v) is 6.71. The quantitative estimate of drug-likeness (QED) is 0.331. The molecule has 0 spiro atoms. The molecule has 1 aliphatic carbocycles. The predicted octanol–water partition coefficient (Wildman–Crippen LogP) is 4.25. The van der Waals surface area contributed by atoms with Crippen LogP contribution >= 0.6 is 0 Å². The van der Waals surface area contributed by atoms with Gasteiger partial charge < -0.3 is 10.1 Å². The smallest absolute Gasteiger partial charge is 0.274 e. The summed E-state index contributed by atoms with van der Waals surface area (Å²) in [4.78, 5) is 14.2. The van der Waals surface area contributed by atoms with Crippen molar-refractivity contribution in [1.29, 1.82) is 0 Å². The average molecular weight is 458 g/mol. The Balaban J connectivity index is 1.30. The number of nitrogens with zero attached hydrogens (tertiary/aromatic N) is 1. The highest BCUT2D eigenvalue weighted by molar-refractivity contribution is 5.93. The first kappa shape index (κ1) is 22.6. The van der Waals surface area contributed by atoms with Gasteiger partial charge in [-0.05, 0) is 54.0 Å². The van der Waals surface area contributed by atoms with E-state index in [1.165, 1.54) is 25.8 Å². The number of hydroxylamine groups is 1. The van der Waals surface area contributed by atoms with Crippen LogP contribution in [0.5, 0.6) is 5.75 Å². The van der Waals surface area contributed by atoms with E-state index in [4.69, 9.17) is 9.94 Å². The number of hydrogen-bond acceptors (Lipinski definition) is 5. The SMILES string of the molecule is O=C(NO)c1ccc(/C=C(\CNC2CCN(C3CC3)C2)COc2cccc3ccccc23)cc1. The van der Waals surface area contributed by atoms with E-state index in [0.29, 0.717) is 18.2 Å². The van der Waals surface area contributed by atoms with Crippen molar-refractivity contribution in [2.75, 3.05) is 26.2 Å². The Morgan fingerprint density at radius 2 is 1.82 bits per heavy atom. The topological polar surface area (TPSA) is 73.8 Å². The number of amides is 1. The number of rotatable bonds is 9. The molecule has 0 radical (unpaired) electrons. The van der Waals surface area contributed by atoms with Crippen molar-refractivity contribution in [2.24, 2.45) is 0 Å². The van der Waals surface area contributed by atoms with E-state index in [1.54, 1.807) is 17.6 Å². The van der Waals surface area contributed by atoms with Crippen LogP contribution < -0.4 is 15.5 Å². The molecule has 1 heterocycles. The summed E-state index contributed by atoms with van der Waals surface area (Å²) < 4.78 is 6.30. The van der Waals surface area contributed by atoms with Gasteiger partial charge in [-0.15, -0.1) is 0 Å². The van der Waals surface area contributed by atoms with Gasteiger partial charge in [0.05, 0.1) is 0 Å². The van der Waals surface area contributed by atoms with Crippen LogP contribution in [0, 0.1) is 0 Å². The molecule has 6 nitrogen and oxygen atoms in total. The minimum Gasteiger partial charge on any atom is -0.489 e. The molecule has 2 fully saturated rings. The number of carbonyl (C=O) groups excluding carboxylic acids is 1. The van der Waals surface area contributed by atoms with Crippen LogP contribution in [-0.4, -0.2) is 54.3 Å². The molecule has 1 aliphatic heterocycles. The maximum atomic E-state index is 11.6. The van der Waals surface area contributed by atoms with Gasteiger partial charge in [0.25, 0.3) is 5.91 Å². The molecule has 1 saturated heterocycles. The number of carbonyl (C=O) groups is 1. The van der Waals surface area contributed by atoms with Gasteiger partial charge in [0.15, 0.2) is 0 Å². The molecule has 6 heteroatoms. The van der Waals surface area contributed by atoms with Crippen LogP contribution in [0.25, 0.3) is 16.8 Å². The van der Waals surface area contributed by atoms with Gasteiger partial charge in [0.1, 0.15) is 12.4 Å². The average Bonchev–Trinajstić information content (AvgIpc) is 3.63. The molecule has 2 aliphatic rings. The fraction of sp³-hybridized carbons (Fsp3) is 0.321. The lowest BCUT2D eigenvalue weighted by Crippen LogP contribution is -2.35. The Labute approximate surface area is 200 Å². The summed E-state index contributed by atoms with van der Waals surface area (Å²) in [7, 11) is 0. The molecule has 176 valence electrons. The van der Waals surface area contributed by atoms with Crippen LogP contribution in [0.4, 0.5) is 0 Å². The number of ether oxygens (including phenoxy) is 1. The van der Waals surface area contributed by atoms with Gasteiger partial charge in [-0.2, -0.15) is 0 Å². The van der Waals surface area contributed by atoms with Crippen LogP contribution in [0.1, 0.15) is 35.2 Å². The van der Waals surface area contributed by atoms with E-state index >= 15 is 0 Å². The molecular weight excluding hydrogens is 426 g/mol. The molecule has 0 aromatic heterocycles. The highest BCUT2D eigenvalue weighted by Crippen LogP contribution is 2.30. The zero-order chi connectivity index (χ0) is 23.3. The Hall–Kier alpha value is -3.19. The maximum Gasteiger partial charge on any atom is 0.274 e. The van der Waals surface area contributed by atoms with Gasteiger partial charge in [-0.3, -0.25) is 14.9 Å². The summed E-state index contributed by atoms with van der Waals surface area (Å²) in [5.74, 6) is 0.359. The fourth-order valence-electron chi connectivity index (χ4n) is 4.67. The van der Waals surface area contributed by atoms with Crippen LogP contribution in [0.2, 0.25) is 0 Å².